The zero-order valence-corrected chi connectivity index (χ0v) is 15.2. The van der Waals surface area contributed by atoms with E-state index in [9.17, 15) is 4.79 Å². The fourth-order valence-corrected chi connectivity index (χ4v) is 1.99. The number of benzene rings is 1. The molecule has 0 atom stereocenters. The second-order valence-electron chi connectivity index (χ2n) is 5.28. The van der Waals surface area contributed by atoms with Crippen molar-refractivity contribution in [1.29, 1.82) is 0 Å². The second kappa shape index (κ2) is 10.5. The summed E-state index contributed by atoms with van der Waals surface area (Å²) in [6.07, 6.45) is 1.72. The molecule has 23 heavy (non-hydrogen) atoms. The maximum atomic E-state index is 12.2. The van der Waals surface area contributed by atoms with Gasteiger partial charge in [0.15, 0.2) is 0 Å². The minimum atomic E-state index is -0.328. The number of carbonyl (C=O) groups is 1. The fraction of sp³-hybridized carbons (Fsp3) is 0.500. The molecule has 0 heterocycles. The lowest BCUT2D eigenvalue weighted by Crippen LogP contribution is -2.33. The molecule has 1 N–H and O–H groups in total. The Morgan fingerprint density at radius 3 is 2.65 bits per heavy atom. The van der Waals surface area contributed by atoms with Crippen molar-refractivity contribution in [2.45, 2.75) is 19.8 Å². The number of halogens is 2. The van der Waals surface area contributed by atoms with Crippen molar-refractivity contribution in [1.82, 2.24) is 10.2 Å². The molecule has 0 bridgehead atoms. The van der Waals surface area contributed by atoms with Crippen LogP contribution in [0.2, 0.25) is 10.0 Å². The van der Waals surface area contributed by atoms with Crippen molar-refractivity contribution in [3.05, 3.63) is 33.8 Å². The van der Waals surface area contributed by atoms with Crippen LogP contribution < -0.4 is 5.32 Å². The van der Waals surface area contributed by atoms with E-state index in [1.54, 1.807) is 12.1 Å². The van der Waals surface area contributed by atoms with Gasteiger partial charge in [-0.1, -0.05) is 30.1 Å². The average molecular weight is 360 g/mol. The van der Waals surface area contributed by atoms with Gasteiger partial charge in [-0.15, -0.1) is 0 Å². The first-order chi connectivity index (χ1) is 10.9. The van der Waals surface area contributed by atoms with Crippen molar-refractivity contribution in [3.63, 3.8) is 0 Å². The SMILES string of the molecule is CCCOC(=NCCCN(C)C)NC(=O)c1ccc(Cl)c(Cl)c1. The number of hydrogen-bond donors (Lipinski definition) is 1. The molecular weight excluding hydrogens is 337 g/mol. The number of amides is 1. The largest absolute Gasteiger partial charge is 0.465 e. The van der Waals surface area contributed by atoms with E-state index in [1.807, 2.05) is 21.0 Å². The number of nitrogens with one attached hydrogen (secondary N) is 1. The summed E-state index contributed by atoms with van der Waals surface area (Å²) < 4.78 is 5.49. The highest BCUT2D eigenvalue weighted by atomic mass is 35.5. The van der Waals surface area contributed by atoms with Crippen molar-refractivity contribution < 1.29 is 9.53 Å². The maximum absolute atomic E-state index is 12.2. The standard InChI is InChI=1S/C16H23Cl2N3O2/c1-4-10-23-16(19-8-5-9-21(2)3)20-15(22)12-6-7-13(17)14(18)11-12/h6-7,11H,4-5,8-10H2,1-3H3,(H,19,20,22). The van der Waals surface area contributed by atoms with Gasteiger partial charge in [-0.05, 0) is 51.7 Å². The minimum Gasteiger partial charge on any atom is -0.465 e. The normalized spacial score (nSPS) is 11.7. The molecule has 1 aromatic carbocycles. The summed E-state index contributed by atoms with van der Waals surface area (Å²) >= 11 is 11.8. The molecular formula is C16H23Cl2N3O2. The third-order valence-electron chi connectivity index (χ3n) is 2.86. The first kappa shape index (κ1) is 19.7. The second-order valence-corrected chi connectivity index (χ2v) is 6.09. The molecule has 0 spiro atoms. The summed E-state index contributed by atoms with van der Waals surface area (Å²) in [6.45, 7) is 3.99. The Bertz CT molecular complexity index is 548. The number of nitrogens with zero attached hydrogens (tertiary/aromatic N) is 2. The Labute approximate surface area is 147 Å². The zero-order valence-electron chi connectivity index (χ0n) is 13.7. The van der Waals surface area contributed by atoms with E-state index in [0.717, 1.165) is 19.4 Å². The molecule has 1 rings (SSSR count). The monoisotopic (exact) mass is 359 g/mol. The molecule has 0 aliphatic carbocycles. The van der Waals surface area contributed by atoms with Gasteiger partial charge in [0, 0.05) is 12.1 Å². The Morgan fingerprint density at radius 1 is 1.30 bits per heavy atom. The summed E-state index contributed by atoms with van der Waals surface area (Å²) in [5, 5.41) is 3.41. The lowest BCUT2D eigenvalue weighted by Gasteiger charge is -2.11. The molecule has 0 aromatic heterocycles. The van der Waals surface area contributed by atoms with Crippen LogP contribution >= 0.6 is 23.2 Å². The first-order valence-corrected chi connectivity index (χ1v) is 8.28. The van der Waals surface area contributed by atoms with Gasteiger partial charge in [0.2, 0.25) is 0 Å². The highest BCUT2D eigenvalue weighted by Crippen LogP contribution is 2.22. The number of amidine groups is 1. The van der Waals surface area contributed by atoms with E-state index >= 15 is 0 Å². The number of rotatable bonds is 7. The van der Waals surface area contributed by atoms with Crippen molar-refractivity contribution >= 4 is 35.1 Å². The number of carbonyl (C=O) groups excluding carboxylic acids is 1. The van der Waals surface area contributed by atoms with Crippen molar-refractivity contribution in [3.8, 4) is 0 Å². The molecule has 0 saturated carbocycles. The quantitative estimate of drug-likeness (QED) is 0.460. The summed E-state index contributed by atoms with van der Waals surface area (Å²) in [4.78, 5) is 18.6. The van der Waals surface area contributed by atoms with Crippen LogP contribution in [0.4, 0.5) is 0 Å². The maximum Gasteiger partial charge on any atom is 0.291 e. The third-order valence-corrected chi connectivity index (χ3v) is 3.60. The van der Waals surface area contributed by atoms with E-state index < -0.39 is 0 Å². The highest BCUT2D eigenvalue weighted by molar-refractivity contribution is 6.42. The van der Waals surface area contributed by atoms with Crippen LogP contribution in [0, 0.1) is 0 Å². The van der Waals surface area contributed by atoms with Gasteiger partial charge in [-0.2, -0.15) is 0 Å². The molecule has 0 saturated heterocycles. The number of aliphatic imine (C=N–C) groups is 1. The molecule has 128 valence electrons. The van der Waals surface area contributed by atoms with Crippen LogP contribution in [-0.4, -0.2) is 50.6 Å². The van der Waals surface area contributed by atoms with Crippen molar-refractivity contribution in [2.75, 3.05) is 33.8 Å². The van der Waals surface area contributed by atoms with E-state index in [0.29, 0.717) is 28.8 Å². The zero-order chi connectivity index (χ0) is 17.2. The lowest BCUT2D eigenvalue weighted by atomic mass is 10.2. The molecule has 5 nitrogen and oxygen atoms in total. The number of ether oxygens (including phenoxy) is 1. The van der Waals surface area contributed by atoms with E-state index in [-0.39, 0.29) is 11.9 Å². The van der Waals surface area contributed by atoms with Crippen LogP contribution in [0.15, 0.2) is 23.2 Å². The van der Waals surface area contributed by atoms with Crippen LogP contribution in [0.25, 0.3) is 0 Å². The molecule has 1 amide bonds. The Morgan fingerprint density at radius 2 is 2.04 bits per heavy atom. The molecule has 0 radical (unpaired) electrons. The van der Waals surface area contributed by atoms with Crippen LogP contribution in [0.1, 0.15) is 30.1 Å². The molecule has 0 unspecified atom stereocenters. The first-order valence-electron chi connectivity index (χ1n) is 7.52. The Kier molecular flexibility index (Phi) is 8.99. The summed E-state index contributed by atoms with van der Waals surface area (Å²) in [5.41, 5.74) is 0.403. The third kappa shape index (κ3) is 7.68. The van der Waals surface area contributed by atoms with Gasteiger partial charge < -0.3 is 9.64 Å². The van der Waals surface area contributed by atoms with Crippen LogP contribution in [0.5, 0.6) is 0 Å². The summed E-state index contributed by atoms with van der Waals surface area (Å²) in [5.74, 6) is -0.328. The highest BCUT2D eigenvalue weighted by Gasteiger charge is 2.11. The smallest absolute Gasteiger partial charge is 0.291 e. The average Bonchev–Trinajstić information content (AvgIpc) is 2.51. The summed E-state index contributed by atoms with van der Waals surface area (Å²) in [6, 6.07) is 4.94. The topological polar surface area (TPSA) is 53.9 Å². The summed E-state index contributed by atoms with van der Waals surface area (Å²) in [7, 11) is 4.01. The Hall–Kier alpha value is -1.30. The van der Waals surface area contributed by atoms with Gasteiger partial charge in [0.1, 0.15) is 0 Å². The molecule has 1 aromatic rings. The van der Waals surface area contributed by atoms with Gasteiger partial charge in [-0.25, -0.2) is 4.99 Å². The van der Waals surface area contributed by atoms with E-state index in [2.05, 4.69) is 15.2 Å². The Balaban J connectivity index is 2.68. The molecule has 0 fully saturated rings. The fourth-order valence-electron chi connectivity index (χ4n) is 1.69. The van der Waals surface area contributed by atoms with Crippen molar-refractivity contribution in [2.24, 2.45) is 4.99 Å². The predicted molar refractivity (Wildman–Crippen MR) is 95.6 cm³/mol. The predicted octanol–water partition coefficient (Wildman–Crippen LogP) is 3.46. The number of hydrogen-bond acceptors (Lipinski definition) is 4. The lowest BCUT2D eigenvalue weighted by molar-refractivity contribution is 0.0965. The molecule has 0 aliphatic heterocycles. The van der Waals surface area contributed by atoms with E-state index in [4.69, 9.17) is 27.9 Å². The van der Waals surface area contributed by atoms with E-state index in [1.165, 1.54) is 6.07 Å². The van der Waals surface area contributed by atoms with Crippen LogP contribution in [0.3, 0.4) is 0 Å². The minimum absolute atomic E-state index is 0.238. The van der Waals surface area contributed by atoms with Gasteiger partial charge >= 0.3 is 0 Å². The van der Waals surface area contributed by atoms with Gasteiger partial charge in [0.05, 0.1) is 16.7 Å². The molecule has 7 heteroatoms. The van der Waals surface area contributed by atoms with Gasteiger partial charge in [0.25, 0.3) is 11.9 Å². The molecule has 0 aliphatic rings. The van der Waals surface area contributed by atoms with Gasteiger partial charge in [-0.3, -0.25) is 10.1 Å². The van der Waals surface area contributed by atoms with Crippen LogP contribution in [-0.2, 0) is 4.74 Å².